The van der Waals surface area contributed by atoms with Crippen molar-refractivity contribution in [2.75, 3.05) is 13.6 Å². The molecule has 1 aromatic rings. The molecule has 13 heavy (non-hydrogen) atoms. The van der Waals surface area contributed by atoms with Crippen LogP contribution in [-0.4, -0.2) is 39.5 Å². The SMILES string of the molecule is CN1CCC(N)C1c1cn(C)nn1. The Balaban J connectivity index is 2.24. The quantitative estimate of drug-likeness (QED) is 0.635. The summed E-state index contributed by atoms with van der Waals surface area (Å²) in [5.74, 6) is 0. The van der Waals surface area contributed by atoms with Gasteiger partial charge in [0, 0.05) is 25.8 Å². The van der Waals surface area contributed by atoms with Crippen molar-refractivity contribution >= 4 is 0 Å². The molecule has 1 aromatic heterocycles. The minimum absolute atomic E-state index is 0.196. The van der Waals surface area contributed by atoms with Gasteiger partial charge >= 0.3 is 0 Å². The molecule has 0 spiro atoms. The number of hydrogen-bond donors (Lipinski definition) is 1. The van der Waals surface area contributed by atoms with Crippen LogP contribution in [-0.2, 0) is 7.05 Å². The summed E-state index contributed by atoms with van der Waals surface area (Å²) in [6, 6.07) is 0.440. The summed E-state index contributed by atoms with van der Waals surface area (Å²) in [5.41, 5.74) is 6.97. The first kappa shape index (κ1) is 8.65. The first-order valence-electron chi connectivity index (χ1n) is 4.50. The zero-order valence-corrected chi connectivity index (χ0v) is 8.01. The second-order valence-electron chi connectivity index (χ2n) is 3.70. The van der Waals surface area contributed by atoms with Crippen molar-refractivity contribution in [3.63, 3.8) is 0 Å². The van der Waals surface area contributed by atoms with Gasteiger partial charge in [-0.3, -0.25) is 9.58 Å². The molecule has 2 unspecified atom stereocenters. The van der Waals surface area contributed by atoms with Crippen LogP contribution < -0.4 is 5.73 Å². The van der Waals surface area contributed by atoms with Crippen molar-refractivity contribution in [2.24, 2.45) is 12.8 Å². The van der Waals surface area contributed by atoms with Crippen molar-refractivity contribution < 1.29 is 0 Å². The largest absolute Gasteiger partial charge is 0.326 e. The zero-order chi connectivity index (χ0) is 9.42. The van der Waals surface area contributed by atoms with Gasteiger partial charge in [-0.15, -0.1) is 5.10 Å². The Hall–Kier alpha value is -0.940. The fourth-order valence-corrected chi connectivity index (χ4v) is 1.92. The fourth-order valence-electron chi connectivity index (χ4n) is 1.92. The van der Waals surface area contributed by atoms with Gasteiger partial charge in [0.05, 0.1) is 6.04 Å². The minimum Gasteiger partial charge on any atom is -0.326 e. The maximum Gasteiger partial charge on any atom is 0.101 e. The molecule has 1 aliphatic heterocycles. The molecule has 1 fully saturated rings. The fraction of sp³-hybridized carbons (Fsp3) is 0.750. The molecule has 2 rings (SSSR count). The Bertz CT molecular complexity index is 284. The van der Waals surface area contributed by atoms with E-state index in [1.165, 1.54) is 0 Å². The molecule has 0 aliphatic carbocycles. The van der Waals surface area contributed by atoms with E-state index >= 15 is 0 Å². The molecule has 1 saturated heterocycles. The molecule has 2 atom stereocenters. The Morgan fingerprint density at radius 1 is 1.54 bits per heavy atom. The molecule has 0 saturated carbocycles. The number of hydrogen-bond acceptors (Lipinski definition) is 4. The first-order valence-corrected chi connectivity index (χ1v) is 4.50. The standard InChI is InChI=1S/C8H15N5/c1-12-4-3-6(9)8(12)7-5-13(2)11-10-7/h5-6,8H,3-4,9H2,1-2H3. The van der Waals surface area contributed by atoms with Crippen molar-refractivity contribution in [1.29, 1.82) is 0 Å². The molecule has 72 valence electrons. The summed E-state index contributed by atoms with van der Waals surface area (Å²) >= 11 is 0. The second kappa shape index (κ2) is 3.08. The van der Waals surface area contributed by atoms with Gasteiger partial charge in [0.15, 0.2) is 0 Å². The predicted octanol–water partition coefficient (Wildman–Crippen LogP) is -0.481. The third-order valence-electron chi connectivity index (χ3n) is 2.62. The van der Waals surface area contributed by atoms with Crippen molar-refractivity contribution in [1.82, 2.24) is 19.9 Å². The monoisotopic (exact) mass is 181 g/mol. The molecule has 2 heterocycles. The van der Waals surface area contributed by atoms with Crippen molar-refractivity contribution in [3.05, 3.63) is 11.9 Å². The molecule has 5 heteroatoms. The molecule has 5 nitrogen and oxygen atoms in total. The number of likely N-dealkylation sites (N-methyl/N-ethyl adjacent to an activating group) is 1. The third kappa shape index (κ3) is 1.45. The van der Waals surface area contributed by atoms with Crippen LogP contribution >= 0.6 is 0 Å². The Morgan fingerprint density at radius 3 is 2.77 bits per heavy atom. The van der Waals surface area contributed by atoms with Crippen LogP contribution in [0.2, 0.25) is 0 Å². The number of rotatable bonds is 1. The Labute approximate surface area is 77.5 Å². The van der Waals surface area contributed by atoms with Crippen LogP contribution in [0.15, 0.2) is 6.20 Å². The highest BCUT2D eigenvalue weighted by Crippen LogP contribution is 2.27. The molecule has 0 amide bonds. The van der Waals surface area contributed by atoms with E-state index in [1.54, 1.807) is 4.68 Å². The third-order valence-corrected chi connectivity index (χ3v) is 2.62. The molecule has 0 radical (unpaired) electrons. The van der Waals surface area contributed by atoms with Crippen LogP contribution in [0.1, 0.15) is 18.2 Å². The lowest BCUT2D eigenvalue weighted by Crippen LogP contribution is -2.29. The summed E-state index contributed by atoms with van der Waals surface area (Å²) in [6.45, 7) is 1.04. The average Bonchev–Trinajstić information content (AvgIpc) is 2.60. The van der Waals surface area contributed by atoms with E-state index in [9.17, 15) is 0 Å². The maximum absolute atomic E-state index is 5.99. The van der Waals surface area contributed by atoms with Gasteiger partial charge in [-0.2, -0.15) is 0 Å². The molecule has 1 aliphatic rings. The predicted molar refractivity (Wildman–Crippen MR) is 49.0 cm³/mol. The van der Waals surface area contributed by atoms with Crippen LogP contribution in [0.4, 0.5) is 0 Å². The molecular weight excluding hydrogens is 166 g/mol. The topological polar surface area (TPSA) is 60.0 Å². The van der Waals surface area contributed by atoms with E-state index in [-0.39, 0.29) is 12.1 Å². The Kier molecular flexibility index (Phi) is 2.05. The maximum atomic E-state index is 5.99. The average molecular weight is 181 g/mol. The first-order chi connectivity index (χ1) is 6.18. The summed E-state index contributed by atoms with van der Waals surface area (Å²) < 4.78 is 1.72. The van der Waals surface area contributed by atoms with E-state index in [4.69, 9.17) is 5.73 Å². The number of nitrogens with two attached hydrogens (primary N) is 1. The summed E-state index contributed by atoms with van der Waals surface area (Å²) in [5, 5.41) is 8.00. The molecular formula is C8H15N5. The van der Waals surface area contributed by atoms with E-state index in [0.717, 1.165) is 18.7 Å². The van der Waals surface area contributed by atoms with Crippen LogP contribution in [0, 0.1) is 0 Å². The van der Waals surface area contributed by atoms with Crippen LogP contribution in [0.25, 0.3) is 0 Å². The number of likely N-dealkylation sites (tertiary alicyclic amines) is 1. The summed E-state index contributed by atoms with van der Waals surface area (Å²) in [7, 11) is 3.95. The van der Waals surface area contributed by atoms with Crippen LogP contribution in [0.5, 0.6) is 0 Å². The molecule has 0 aromatic carbocycles. The van der Waals surface area contributed by atoms with E-state index < -0.39 is 0 Å². The number of aromatic nitrogens is 3. The van der Waals surface area contributed by atoms with Gasteiger partial charge < -0.3 is 5.73 Å². The normalized spacial score (nSPS) is 29.8. The van der Waals surface area contributed by atoms with Crippen molar-refractivity contribution in [2.45, 2.75) is 18.5 Å². The van der Waals surface area contributed by atoms with E-state index in [0.29, 0.717) is 0 Å². The van der Waals surface area contributed by atoms with Gasteiger partial charge in [0.25, 0.3) is 0 Å². The van der Waals surface area contributed by atoms with E-state index in [1.807, 2.05) is 13.2 Å². The van der Waals surface area contributed by atoms with E-state index in [2.05, 4.69) is 22.3 Å². The lowest BCUT2D eigenvalue weighted by Gasteiger charge is -2.19. The van der Waals surface area contributed by atoms with Crippen LogP contribution in [0.3, 0.4) is 0 Å². The minimum atomic E-state index is 0.196. The number of nitrogens with zero attached hydrogens (tertiary/aromatic N) is 4. The highest BCUT2D eigenvalue weighted by molar-refractivity contribution is 5.07. The van der Waals surface area contributed by atoms with Gasteiger partial charge in [-0.1, -0.05) is 5.21 Å². The highest BCUT2D eigenvalue weighted by atomic mass is 15.4. The smallest absolute Gasteiger partial charge is 0.101 e. The zero-order valence-electron chi connectivity index (χ0n) is 8.01. The number of aryl methyl sites for hydroxylation is 1. The molecule has 0 bridgehead atoms. The lowest BCUT2D eigenvalue weighted by molar-refractivity contribution is 0.298. The van der Waals surface area contributed by atoms with Gasteiger partial charge in [0.2, 0.25) is 0 Å². The second-order valence-corrected chi connectivity index (χ2v) is 3.70. The highest BCUT2D eigenvalue weighted by Gasteiger charge is 2.32. The Morgan fingerprint density at radius 2 is 2.31 bits per heavy atom. The molecule has 2 N–H and O–H groups in total. The lowest BCUT2D eigenvalue weighted by atomic mass is 10.1. The van der Waals surface area contributed by atoms with Gasteiger partial charge in [0.1, 0.15) is 5.69 Å². The summed E-state index contributed by atoms with van der Waals surface area (Å²) in [4.78, 5) is 2.23. The summed E-state index contributed by atoms with van der Waals surface area (Å²) in [6.07, 6.45) is 2.98. The van der Waals surface area contributed by atoms with Gasteiger partial charge in [-0.25, -0.2) is 0 Å². The van der Waals surface area contributed by atoms with Gasteiger partial charge in [-0.05, 0) is 13.5 Å². The van der Waals surface area contributed by atoms with Crippen molar-refractivity contribution in [3.8, 4) is 0 Å².